The van der Waals surface area contributed by atoms with Gasteiger partial charge in [-0.2, -0.15) is 0 Å². The highest BCUT2D eigenvalue weighted by Gasteiger charge is 2.09. The van der Waals surface area contributed by atoms with Crippen molar-refractivity contribution in [2.45, 2.75) is 19.2 Å². The fourth-order valence-electron chi connectivity index (χ4n) is 1.45. The van der Waals surface area contributed by atoms with Crippen LogP contribution in [-0.4, -0.2) is 15.0 Å². The van der Waals surface area contributed by atoms with Gasteiger partial charge in [-0.25, -0.2) is 4.68 Å². The largest absolute Gasteiger partial charge is 0.220 e. The van der Waals surface area contributed by atoms with E-state index in [1.165, 1.54) is 0 Å². The summed E-state index contributed by atoms with van der Waals surface area (Å²) >= 11 is 11.8. The average Bonchev–Trinajstić information content (AvgIpc) is 2.66. The summed E-state index contributed by atoms with van der Waals surface area (Å²) in [4.78, 5) is 0. The molecule has 1 unspecified atom stereocenters. The minimum Gasteiger partial charge on any atom is -0.220 e. The van der Waals surface area contributed by atoms with E-state index < -0.39 is 0 Å². The zero-order chi connectivity index (χ0) is 11.7. The summed E-state index contributed by atoms with van der Waals surface area (Å²) < 4.78 is 1.71. The molecule has 3 nitrogen and oxygen atoms in total. The SMILES string of the molecule is Cc1cc(Cl)ccc1-n1cc(C(C)Cl)nn1. The van der Waals surface area contributed by atoms with Crippen molar-refractivity contribution in [1.82, 2.24) is 15.0 Å². The molecule has 1 atom stereocenters. The number of aryl methyl sites for hydroxylation is 1. The van der Waals surface area contributed by atoms with E-state index in [2.05, 4.69) is 10.3 Å². The molecule has 1 aromatic carbocycles. The molecule has 2 aromatic rings. The van der Waals surface area contributed by atoms with Crippen LogP contribution >= 0.6 is 23.2 Å². The lowest BCUT2D eigenvalue weighted by Gasteiger charge is -2.04. The molecule has 16 heavy (non-hydrogen) atoms. The number of halogens is 2. The van der Waals surface area contributed by atoms with Crippen molar-refractivity contribution in [1.29, 1.82) is 0 Å². The molecule has 0 saturated carbocycles. The zero-order valence-corrected chi connectivity index (χ0v) is 10.5. The Labute approximate surface area is 104 Å². The average molecular weight is 256 g/mol. The first-order chi connectivity index (χ1) is 7.58. The van der Waals surface area contributed by atoms with Crippen molar-refractivity contribution in [3.05, 3.63) is 40.7 Å². The van der Waals surface area contributed by atoms with Crippen molar-refractivity contribution < 1.29 is 0 Å². The standard InChI is InChI=1S/C11H11Cl2N3/c1-7-5-9(13)3-4-11(7)16-6-10(8(2)12)14-15-16/h3-6,8H,1-2H3. The molecule has 0 radical (unpaired) electrons. The molecule has 84 valence electrons. The maximum absolute atomic E-state index is 5.93. The van der Waals surface area contributed by atoms with Crippen LogP contribution in [0.5, 0.6) is 0 Å². The number of hydrogen-bond donors (Lipinski definition) is 0. The van der Waals surface area contributed by atoms with Crippen molar-refractivity contribution in [2.24, 2.45) is 0 Å². The molecule has 0 aliphatic heterocycles. The van der Waals surface area contributed by atoms with Crippen LogP contribution in [-0.2, 0) is 0 Å². The lowest BCUT2D eigenvalue weighted by molar-refractivity contribution is 0.792. The van der Waals surface area contributed by atoms with Gasteiger partial charge in [0, 0.05) is 5.02 Å². The van der Waals surface area contributed by atoms with E-state index in [1.54, 1.807) is 4.68 Å². The minimum atomic E-state index is -0.138. The zero-order valence-electron chi connectivity index (χ0n) is 8.98. The molecular formula is C11H11Cl2N3. The summed E-state index contributed by atoms with van der Waals surface area (Å²) in [7, 11) is 0. The summed E-state index contributed by atoms with van der Waals surface area (Å²) in [5, 5.41) is 8.62. The van der Waals surface area contributed by atoms with Crippen molar-refractivity contribution in [3.8, 4) is 5.69 Å². The molecule has 5 heteroatoms. The normalized spacial score (nSPS) is 12.8. The van der Waals surface area contributed by atoms with E-state index in [1.807, 2.05) is 38.2 Å². The van der Waals surface area contributed by atoms with Gasteiger partial charge in [0.1, 0.15) is 5.69 Å². The Hall–Kier alpha value is -1.06. The van der Waals surface area contributed by atoms with Gasteiger partial charge in [-0.1, -0.05) is 16.8 Å². The number of aromatic nitrogens is 3. The number of benzene rings is 1. The van der Waals surface area contributed by atoms with E-state index in [9.17, 15) is 0 Å². The van der Waals surface area contributed by atoms with Crippen molar-refractivity contribution in [3.63, 3.8) is 0 Å². The van der Waals surface area contributed by atoms with Crippen LogP contribution in [0.15, 0.2) is 24.4 Å². The predicted molar refractivity (Wildman–Crippen MR) is 65.4 cm³/mol. The third-order valence-corrected chi connectivity index (χ3v) is 2.78. The summed E-state index contributed by atoms with van der Waals surface area (Å²) in [6, 6.07) is 5.63. The molecule has 0 saturated heterocycles. The molecular weight excluding hydrogens is 245 g/mol. The highest BCUT2D eigenvalue weighted by atomic mass is 35.5. The lowest BCUT2D eigenvalue weighted by Crippen LogP contribution is -1.97. The van der Waals surface area contributed by atoms with Crippen LogP contribution in [0.25, 0.3) is 5.69 Å². The number of hydrogen-bond acceptors (Lipinski definition) is 2. The van der Waals surface area contributed by atoms with Gasteiger partial charge >= 0.3 is 0 Å². The van der Waals surface area contributed by atoms with Gasteiger partial charge in [0.05, 0.1) is 17.3 Å². The Morgan fingerprint density at radius 2 is 2.12 bits per heavy atom. The Kier molecular flexibility index (Phi) is 3.17. The van der Waals surface area contributed by atoms with Gasteiger partial charge in [0.25, 0.3) is 0 Å². The minimum absolute atomic E-state index is 0.138. The highest BCUT2D eigenvalue weighted by Crippen LogP contribution is 2.21. The van der Waals surface area contributed by atoms with Crippen LogP contribution in [0.4, 0.5) is 0 Å². The van der Waals surface area contributed by atoms with E-state index >= 15 is 0 Å². The summed E-state index contributed by atoms with van der Waals surface area (Å²) in [6.07, 6.45) is 1.83. The predicted octanol–water partition coefficient (Wildman–Crippen LogP) is 3.53. The molecule has 1 aromatic heterocycles. The van der Waals surface area contributed by atoms with Gasteiger partial charge in [-0.3, -0.25) is 0 Å². The van der Waals surface area contributed by atoms with E-state index in [-0.39, 0.29) is 5.38 Å². The first kappa shape index (κ1) is 11.4. The topological polar surface area (TPSA) is 30.7 Å². The molecule has 2 rings (SSSR count). The Bertz CT molecular complexity index is 506. The van der Waals surface area contributed by atoms with Crippen LogP contribution in [0, 0.1) is 6.92 Å². The van der Waals surface area contributed by atoms with E-state index in [0.29, 0.717) is 5.02 Å². The monoisotopic (exact) mass is 255 g/mol. The summed E-state index contributed by atoms with van der Waals surface area (Å²) in [5.74, 6) is 0. The maximum Gasteiger partial charge on any atom is 0.101 e. The number of rotatable bonds is 2. The molecule has 0 spiro atoms. The molecule has 0 N–H and O–H groups in total. The number of alkyl halides is 1. The van der Waals surface area contributed by atoms with Gasteiger partial charge < -0.3 is 0 Å². The fourth-order valence-corrected chi connectivity index (χ4v) is 1.78. The molecule has 1 heterocycles. The van der Waals surface area contributed by atoms with Gasteiger partial charge in [-0.05, 0) is 37.6 Å². The van der Waals surface area contributed by atoms with Crippen molar-refractivity contribution >= 4 is 23.2 Å². The maximum atomic E-state index is 5.93. The lowest BCUT2D eigenvalue weighted by atomic mass is 10.2. The van der Waals surface area contributed by atoms with Gasteiger partial charge in [0.2, 0.25) is 0 Å². The molecule has 0 aliphatic rings. The number of nitrogens with zero attached hydrogens (tertiary/aromatic N) is 3. The highest BCUT2D eigenvalue weighted by molar-refractivity contribution is 6.30. The van der Waals surface area contributed by atoms with Gasteiger partial charge in [0.15, 0.2) is 0 Å². The smallest absolute Gasteiger partial charge is 0.101 e. The molecule has 0 aliphatic carbocycles. The third kappa shape index (κ3) is 2.20. The first-order valence-corrected chi connectivity index (χ1v) is 5.72. The summed E-state index contributed by atoms with van der Waals surface area (Å²) in [6.45, 7) is 3.84. The second kappa shape index (κ2) is 4.44. The summed E-state index contributed by atoms with van der Waals surface area (Å²) in [5.41, 5.74) is 2.77. The van der Waals surface area contributed by atoms with Gasteiger partial charge in [-0.15, -0.1) is 16.7 Å². The second-order valence-electron chi connectivity index (χ2n) is 3.63. The van der Waals surface area contributed by atoms with E-state index in [0.717, 1.165) is 16.9 Å². The van der Waals surface area contributed by atoms with Crippen molar-refractivity contribution in [2.75, 3.05) is 0 Å². The molecule has 0 amide bonds. The van der Waals surface area contributed by atoms with Crippen LogP contribution in [0.1, 0.15) is 23.6 Å². The first-order valence-electron chi connectivity index (χ1n) is 4.91. The Morgan fingerprint density at radius 1 is 1.38 bits per heavy atom. The van der Waals surface area contributed by atoms with E-state index in [4.69, 9.17) is 23.2 Å². The molecule has 0 fully saturated rings. The fraction of sp³-hybridized carbons (Fsp3) is 0.273. The second-order valence-corrected chi connectivity index (χ2v) is 4.73. The Morgan fingerprint density at radius 3 is 2.69 bits per heavy atom. The van der Waals surface area contributed by atoms with Crippen LogP contribution in [0.3, 0.4) is 0 Å². The quantitative estimate of drug-likeness (QED) is 0.769. The van der Waals surface area contributed by atoms with Crippen LogP contribution in [0.2, 0.25) is 5.02 Å². The Balaban J connectivity index is 2.42. The van der Waals surface area contributed by atoms with Crippen LogP contribution < -0.4 is 0 Å². The third-order valence-electron chi connectivity index (χ3n) is 2.32. The molecule has 0 bridgehead atoms.